The molecule has 3 rings (SSSR count). The average Bonchev–Trinajstić information content (AvgIpc) is 3.07. The fourth-order valence-electron chi connectivity index (χ4n) is 3.03. The smallest absolute Gasteiger partial charge is 0.272 e. The predicted octanol–water partition coefficient (Wildman–Crippen LogP) is 3.07. The Balaban J connectivity index is 1.68. The Labute approximate surface area is 170 Å². The van der Waals surface area contributed by atoms with Gasteiger partial charge in [0.1, 0.15) is 5.82 Å². The molecule has 0 spiro atoms. The van der Waals surface area contributed by atoms with Crippen molar-refractivity contribution in [3.63, 3.8) is 0 Å². The van der Waals surface area contributed by atoms with Crippen LogP contribution in [0.2, 0.25) is 0 Å². The first-order valence-corrected chi connectivity index (χ1v) is 9.50. The third-order valence-electron chi connectivity index (χ3n) is 4.51. The van der Waals surface area contributed by atoms with Crippen molar-refractivity contribution in [2.24, 2.45) is 0 Å². The van der Waals surface area contributed by atoms with E-state index in [1.165, 1.54) is 0 Å². The first-order chi connectivity index (χ1) is 13.7. The summed E-state index contributed by atoms with van der Waals surface area (Å²) in [5, 5.41) is 5.45. The van der Waals surface area contributed by atoms with Crippen LogP contribution in [-0.4, -0.2) is 41.8 Å². The van der Waals surface area contributed by atoms with Crippen molar-refractivity contribution < 1.29 is 9.59 Å². The van der Waals surface area contributed by atoms with Crippen molar-refractivity contribution in [2.45, 2.75) is 26.2 Å². The van der Waals surface area contributed by atoms with Gasteiger partial charge in [0.15, 0.2) is 5.69 Å². The largest absolute Gasteiger partial charge is 0.378 e. The first-order valence-electron chi connectivity index (χ1n) is 9.50. The Morgan fingerprint density at radius 2 is 1.76 bits per heavy atom. The summed E-state index contributed by atoms with van der Waals surface area (Å²) in [6.07, 6.45) is 1.89. The molecule has 0 unspecified atom stereocenters. The molecule has 152 valence electrons. The van der Waals surface area contributed by atoms with Crippen molar-refractivity contribution >= 4 is 28.7 Å². The zero-order valence-corrected chi connectivity index (χ0v) is 17.5. The maximum absolute atomic E-state index is 12.7. The summed E-state index contributed by atoms with van der Waals surface area (Å²) in [6.45, 7) is 6.01. The Morgan fingerprint density at radius 1 is 1.07 bits per heavy atom. The lowest BCUT2D eigenvalue weighted by Gasteiger charge is -2.16. The number of pyridine rings is 1. The number of hydrogen-bond acceptors (Lipinski definition) is 4. The number of amides is 2. The molecule has 0 radical (unpaired) electrons. The van der Waals surface area contributed by atoms with Gasteiger partial charge in [-0.3, -0.25) is 9.59 Å². The highest BCUT2D eigenvalue weighted by Crippen LogP contribution is 2.24. The minimum absolute atomic E-state index is 0.134. The van der Waals surface area contributed by atoms with E-state index in [2.05, 4.69) is 15.6 Å². The van der Waals surface area contributed by atoms with Crippen LogP contribution < -0.4 is 15.5 Å². The van der Waals surface area contributed by atoms with Crippen molar-refractivity contribution in [1.29, 1.82) is 0 Å². The minimum Gasteiger partial charge on any atom is -0.378 e. The van der Waals surface area contributed by atoms with Crippen LogP contribution >= 0.6 is 0 Å². The van der Waals surface area contributed by atoms with Gasteiger partial charge in [-0.25, -0.2) is 4.98 Å². The summed E-state index contributed by atoms with van der Waals surface area (Å²) in [7, 11) is 3.90. The summed E-state index contributed by atoms with van der Waals surface area (Å²) >= 11 is 0. The zero-order valence-electron chi connectivity index (χ0n) is 17.5. The number of carbonyl (C=O) groups is 2. The number of fused-ring (bicyclic) bond motifs is 1. The van der Waals surface area contributed by atoms with Crippen LogP contribution in [0.4, 0.5) is 11.4 Å². The van der Waals surface area contributed by atoms with Crippen molar-refractivity contribution in [2.75, 3.05) is 30.9 Å². The van der Waals surface area contributed by atoms with Crippen LogP contribution in [0.1, 0.15) is 37.1 Å². The number of anilines is 2. The minimum atomic E-state index is -0.373. The lowest BCUT2D eigenvalue weighted by Crippen LogP contribution is -2.33. The predicted molar refractivity (Wildman–Crippen MR) is 116 cm³/mol. The number of rotatable bonds is 5. The second-order valence-electron chi connectivity index (χ2n) is 8.16. The molecule has 0 fully saturated rings. The van der Waals surface area contributed by atoms with E-state index < -0.39 is 0 Å². The third-order valence-corrected chi connectivity index (χ3v) is 4.51. The van der Waals surface area contributed by atoms with Crippen LogP contribution in [0.25, 0.3) is 5.52 Å². The van der Waals surface area contributed by atoms with Crippen LogP contribution in [-0.2, 0) is 10.2 Å². The fourth-order valence-corrected chi connectivity index (χ4v) is 3.03. The van der Waals surface area contributed by atoms with Crippen LogP contribution in [0.3, 0.4) is 0 Å². The maximum atomic E-state index is 12.7. The molecular weight excluding hydrogens is 366 g/mol. The van der Waals surface area contributed by atoms with Gasteiger partial charge in [-0.2, -0.15) is 0 Å². The van der Waals surface area contributed by atoms with Gasteiger partial charge in [0.25, 0.3) is 5.91 Å². The van der Waals surface area contributed by atoms with Crippen molar-refractivity contribution in [3.05, 3.63) is 60.2 Å². The molecule has 0 aliphatic carbocycles. The zero-order chi connectivity index (χ0) is 21.2. The first kappa shape index (κ1) is 20.4. The summed E-state index contributed by atoms with van der Waals surface area (Å²) < 4.78 is 1.92. The standard InChI is InChI=1S/C22H27N5O2/c1-22(2,3)21-25-19(17-8-6-7-13-27(17)21)20(29)23-14-18(28)24-15-9-11-16(12-10-15)26(4)5/h6-13H,14H2,1-5H3,(H,23,29)(H,24,28). The van der Waals surface area contributed by atoms with E-state index in [1.54, 1.807) is 0 Å². The Bertz CT molecular complexity index is 1030. The van der Waals surface area contributed by atoms with Gasteiger partial charge in [-0.05, 0) is 36.4 Å². The van der Waals surface area contributed by atoms with E-state index in [-0.39, 0.29) is 23.8 Å². The summed E-state index contributed by atoms with van der Waals surface area (Å²) in [4.78, 5) is 31.5. The highest BCUT2D eigenvalue weighted by molar-refractivity contribution is 6.02. The number of carbonyl (C=O) groups excluding carboxylic acids is 2. The monoisotopic (exact) mass is 393 g/mol. The number of imidazole rings is 1. The number of nitrogens with one attached hydrogen (secondary N) is 2. The van der Waals surface area contributed by atoms with Crippen molar-refractivity contribution in [1.82, 2.24) is 14.7 Å². The topological polar surface area (TPSA) is 78.7 Å². The van der Waals surface area contributed by atoms with Crippen molar-refractivity contribution in [3.8, 4) is 0 Å². The Kier molecular flexibility index (Phi) is 5.59. The Hall–Kier alpha value is -3.35. The van der Waals surface area contributed by atoms with E-state index in [4.69, 9.17) is 0 Å². The molecule has 2 aromatic heterocycles. The van der Waals surface area contributed by atoms with Gasteiger partial charge in [-0.1, -0.05) is 26.8 Å². The highest BCUT2D eigenvalue weighted by atomic mass is 16.2. The molecule has 0 bridgehead atoms. The van der Waals surface area contributed by atoms with Gasteiger partial charge in [0.05, 0.1) is 12.1 Å². The fraction of sp³-hybridized carbons (Fsp3) is 0.318. The second-order valence-corrected chi connectivity index (χ2v) is 8.16. The number of nitrogens with zero attached hydrogens (tertiary/aromatic N) is 3. The van der Waals surface area contributed by atoms with Crippen LogP contribution in [0, 0.1) is 0 Å². The van der Waals surface area contributed by atoms with Gasteiger partial charge in [0, 0.05) is 37.1 Å². The molecule has 1 aromatic carbocycles. The molecule has 0 aliphatic rings. The molecule has 0 aliphatic heterocycles. The van der Waals surface area contributed by atoms with Gasteiger partial charge < -0.3 is 19.9 Å². The quantitative estimate of drug-likeness (QED) is 0.698. The molecular formula is C22H27N5O2. The third kappa shape index (κ3) is 4.56. The molecule has 7 heteroatoms. The van der Waals surface area contributed by atoms with E-state index in [0.29, 0.717) is 11.4 Å². The van der Waals surface area contributed by atoms with E-state index in [1.807, 2.05) is 92.8 Å². The molecule has 0 saturated carbocycles. The van der Waals surface area contributed by atoms with Gasteiger partial charge in [0.2, 0.25) is 5.91 Å². The molecule has 2 amide bonds. The number of hydrogen-bond donors (Lipinski definition) is 2. The van der Waals surface area contributed by atoms with Crippen LogP contribution in [0.5, 0.6) is 0 Å². The molecule has 29 heavy (non-hydrogen) atoms. The number of aromatic nitrogens is 2. The Morgan fingerprint density at radius 3 is 2.38 bits per heavy atom. The van der Waals surface area contributed by atoms with E-state index >= 15 is 0 Å². The normalized spacial score (nSPS) is 11.3. The van der Waals surface area contributed by atoms with Crippen LogP contribution in [0.15, 0.2) is 48.7 Å². The van der Waals surface area contributed by atoms with E-state index in [9.17, 15) is 9.59 Å². The molecule has 2 N–H and O–H groups in total. The summed E-state index contributed by atoms with van der Waals surface area (Å²) in [5.74, 6) is 0.126. The van der Waals surface area contributed by atoms with Gasteiger partial charge in [-0.15, -0.1) is 0 Å². The second kappa shape index (κ2) is 7.95. The lowest BCUT2D eigenvalue weighted by molar-refractivity contribution is -0.115. The molecule has 3 aromatic rings. The molecule has 0 atom stereocenters. The van der Waals surface area contributed by atoms with Gasteiger partial charge >= 0.3 is 0 Å². The number of benzene rings is 1. The summed E-state index contributed by atoms with van der Waals surface area (Å²) in [6, 6.07) is 13.1. The molecule has 2 heterocycles. The highest BCUT2D eigenvalue weighted by Gasteiger charge is 2.25. The lowest BCUT2D eigenvalue weighted by atomic mass is 9.96. The van der Waals surface area contributed by atoms with E-state index in [0.717, 1.165) is 17.0 Å². The molecule has 0 saturated heterocycles. The molecule has 7 nitrogen and oxygen atoms in total. The SMILES string of the molecule is CN(C)c1ccc(NC(=O)CNC(=O)c2nc(C(C)(C)C)n3ccccc23)cc1. The maximum Gasteiger partial charge on any atom is 0.272 e. The summed E-state index contributed by atoms with van der Waals surface area (Å²) in [5.41, 5.74) is 2.53. The average molecular weight is 393 g/mol.